The van der Waals surface area contributed by atoms with Gasteiger partial charge in [-0.2, -0.15) is 0 Å². The molecule has 2 aromatic rings. The molecule has 0 amide bonds. The highest BCUT2D eigenvalue weighted by atomic mass is 35.5. The molecule has 5 N–H and O–H groups in total. The molecule has 2 nitrogen and oxygen atoms in total. The van der Waals surface area contributed by atoms with Crippen LogP contribution in [0.1, 0.15) is 32.4 Å². The summed E-state index contributed by atoms with van der Waals surface area (Å²) in [5.74, 6) is 0.722. The second-order valence-electron chi connectivity index (χ2n) is 3.91. The van der Waals surface area contributed by atoms with Gasteiger partial charge in [0.25, 0.3) is 0 Å². The van der Waals surface area contributed by atoms with Gasteiger partial charge in [0.15, 0.2) is 0 Å². The smallest absolute Gasteiger partial charge is 0.0195 e. The molecule has 0 aliphatic heterocycles. The van der Waals surface area contributed by atoms with Crippen LogP contribution in [0.3, 0.4) is 0 Å². The van der Waals surface area contributed by atoms with Crippen LogP contribution >= 0.6 is 11.6 Å². The van der Waals surface area contributed by atoms with E-state index in [-0.39, 0.29) is 13.6 Å². The van der Waals surface area contributed by atoms with E-state index < -0.39 is 0 Å². The average molecular weight is 351 g/mol. The molecule has 0 atom stereocenters. The van der Waals surface area contributed by atoms with Gasteiger partial charge in [-0.05, 0) is 17.7 Å². The van der Waals surface area contributed by atoms with E-state index in [0.717, 1.165) is 12.4 Å². The van der Waals surface area contributed by atoms with Crippen molar-refractivity contribution in [3.63, 3.8) is 0 Å². The highest BCUT2D eigenvalue weighted by Crippen LogP contribution is 1.98. The fourth-order valence-corrected chi connectivity index (χ4v) is 1.18. The number of halogens is 1. The number of benzene rings is 2. The molecule has 0 saturated heterocycles. The second kappa shape index (κ2) is 26.0. The van der Waals surface area contributed by atoms with E-state index in [1.165, 1.54) is 11.1 Å². The lowest BCUT2D eigenvalue weighted by Gasteiger charge is -1.85. The minimum absolute atomic E-state index is 0. The Morgan fingerprint density at radius 1 is 0.833 bits per heavy atom. The van der Waals surface area contributed by atoms with Crippen LogP contribution in [-0.2, 0) is 0 Å². The van der Waals surface area contributed by atoms with E-state index in [1.807, 2.05) is 86.7 Å². The van der Waals surface area contributed by atoms with Crippen LogP contribution in [0.2, 0.25) is 0 Å². The summed E-state index contributed by atoms with van der Waals surface area (Å²) < 4.78 is 0. The van der Waals surface area contributed by atoms with E-state index in [0.29, 0.717) is 0 Å². The number of alkyl halides is 1. The predicted octanol–water partition coefficient (Wildman–Crippen LogP) is 6.67. The zero-order chi connectivity index (χ0) is 17.1. The third kappa shape index (κ3) is 22.4. The predicted molar refractivity (Wildman–Crippen MR) is 116 cm³/mol. The maximum atomic E-state index is 5.00. The van der Waals surface area contributed by atoms with Gasteiger partial charge in [-0.15, -0.1) is 11.6 Å². The van der Waals surface area contributed by atoms with Gasteiger partial charge in [0.1, 0.15) is 0 Å². The van der Waals surface area contributed by atoms with E-state index in [1.54, 1.807) is 0 Å². The standard InChI is InChI=1S/2C8H8.C2H5Cl.C2H7N.CH4.H3N/c2*1-2-8-6-4-3-5-7-8;2*1-2-3;;/h2*2-7H,1H2;2H2,1H3;2-3H2,1H3;1H4;1H3. The van der Waals surface area contributed by atoms with Crippen LogP contribution in [0.15, 0.2) is 73.8 Å². The van der Waals surface area contributed by atoms with Gasteiger partial charge >= 0.3 is 0 Å². The van der Waals surface area contributed by atoms with Crippen LogP contribution in [0.4, 0.5) is 0 Å². The maximum absolute atomic E-state index is 5.00. The third-order valence-corrected chi connectivity index (χ3v) is 2.07. The Bertz CT molecular complexity index is 410. The monoisotopic (exact) mass is 350 g/mol. The van der Waals surface area contributed by atoms with Gasteiger partial charge in [0.2, 0.25) is 0 Å². The molecule has 24 heavy (non-hydrogen) atoms. The molecule has 0 aromatic heterocycles. The first-order chi connectivity index (χ1) is 10.7. The molecule has 2 aromatic carbocycles. The minimum Gasteiger partial charge on any atom is -0.344 e. The molecule has 136 valence electrons. The van der Waals surface area contributed by atoms with Crippen molar-refractivity contribution >= 4 is 23.8 Å². The SMILES string of the molecule is C.C=Cc1ccccc1.C=Cc1ccccc1.CCCl.CCN.N. The number of rotatable bonds is 2. The zero-order valence-corrected chi connectivity index (χ0v) is 15.2. The summed E-state index contributed by atoms with van der Waals surface area (Å²) in [5.41, 5.74) is 7.19. The number of hydrogen-bond donors (Lipinski definition) is 2. The summed E-state index contributed by atoms with van der Waals surface area (Å²) >= 11 is 5.00. The third-order valence-electron chi connectivity index (χ3n) is 2.07. The average Bonchev–Trinajstić information content (AvgIpc) is 2.58. The molecule has 0 fully saturated rings. The Morgan fingerprint density at radius 3 is 1.17 bits per heavy atom. The van der Waals surface area contributed by atoms with E-state index in [9.17, 15) is 0 Å². The Hall–Kier alpha value is -1.87. The Kier molecular flexibility index (Phi) is 32.6. The Labute approximate surface area is 154 Å². The molecule has 0 aliphatic carbocycles. The molecule has 0 unspecified atom stereocenters. The van der Waals surface area contributed by atoms with Crippen molar-refractivity contribution in [3.05, 3.63) is 84.9 Å². The van der Waals surface area contributed by atoms with Crippen LogP contribution in [0.5, 0.6) is 0 Å². The quantitative estimate of drug-likeness (QED) is 0.594. The van der Waals surface area contributed by atoms with E-state index in [2.05, 4.69) is 13.2 Å². The fraction of sp³-hybridized carbons (Fsp3) is 0.238. The highest BCUT2D eigenvalue weighted by Gasteiger charge is 1.76. The number of nitrogens with two attached hydrogens (primary N) is 1. The van der Waals surface area contributed by atoms with Gasteiger partial charge < -0.3 is 11.9 Å². The normalized spacial score (nSPS) is 7.17. The van der Waals surface area contributed by atoms with Crippen LogP contribution < -0.4 is 11.9 Å². The fourth-order valence-electron chi connectivity index (χ4n) is 1.18. The van der Waals surface area contributed by atoms with Crippen molar-refractivity contribution < 1.29 is 0 Å². The van der Waals surface area contributed by atoms with Crippen LogP contribution in [-0.4, -0.2) is 12.4 Å². The maximum Gasteiger partial charge on any atom is 0.0195 e. The summed E-state index contributed by atoms with van der Waals surface area (Å²) in [6.45, 7) is 11.8. The number of hydrogen-bond acceptors (Lipinski definition) is 2. The first-order valence-corrected chi connectivity index (χ1v) is 7.84. The summed E-state index contributed by atoms with van der Waals surface area (Å²) in [5, 5.41) is 0. The molecule has 0 bridgehead atoms. The minimum atomic E-state index is 0. The van der Waals surface area contributed by atoms with Crippen molar-refractivity contribution in [3.8, 4) is 0 Å². The lowest BCUT2D eigenvalue weighted by Crippen LogP contribution is -1.87. The van der Waals surface area contributed by atoms with E-state index >= 15 is 0 Å². The van der Waals surface area contributed by atoms with Gasteiger partial charge in [-0.25, -0.2) is 0 Å². The van der Waals surface area contributed by atoms with Crippen molar-refractivity contribution in [1.29, 1.82) is 0 Å². The van der Waals surface area contributed by atoms with E-state index in [4.69, 9.17) is 17.3 Å². The molecular formula is C21H35ClN2. The van der Waals surface area contributed by atoms with Gasteiger partial charge in [0, 0.05) is 5.88 Å². The van der Waals surface area contributed by atoms with Crippen LogP contribution in [0, 0.1) is 0 Å². The molecule has 0 heterocycles. The molecule has 3 heteroatoms. The largest absolute Gasteiger partial charge is 0.344 e. The van der Waals surface area contributed by atoms with Crippen molar-refractivity contribution in [2.24, 2.45) is 5.73 Å². The van der Waals surface area contributed by atoms with Gasteiger partial charge in [0.05, 0.1) is 0 Å². The van der Waals surface area contributed by atoms with Crippen LogP contribution in [0.25, 0.3) is 12.2 Å². The topological polar surface area (TPSA) is 61.0 Å². The summed E-state index contributed by atoms with van der Waals surface area (Å²) in [6, 6.07) is 20.1. The van der Waals surface area contributed by atoms with Crippen molar-refractivity contribution in [1.82, 2.24) is 6.15 Å². The Balaban J connectivity index is -0.000000119. The molecule has 2 rings (SSSR count). The first-order valence-electron chi connectivity index (χ1n) is 7.30. The molecular weight excluding hydrogens is 316 g/mol. The summed E-state index contributed by atoms with van der Waals surface area (Å²) in [4.78, 5) is 0. The summed E-state index contributed by atoms with van der Waals surface area (Å²) in [6.07, 6.45) is 3.67. The molecule has 0 aliphatic rings. The lowest BCUT2D eigenvalue weighted by atomic mass is 10.2. The lowest BCUT2D eigenvalue weighted by molar-refractivity contribution is 1.14. The zero-order valence-electron chi connectivity index (χ0n) is 14.4. The second-order valence-corrected chi connectivity index (χ2v) is 4.44. The van der Waals surface area contributed by atoms with Crippen molar-refractivity contribution in [2.75, 3.05) is 12.4 Å². The highest BCUT2D eigenvalue weighted by molar-refractivity contribution is 6.17. The van der Waals surface area contributed by atoms with Gasteiger partial charge in [-0.1, -0.05) is 107 Å². The van der Waals surface area contributed by atoms with Gasteiger partial charge in [-0.3, -0.25) is 0 Å². The van der Waals surface area contributed by atoms with Crippen molar-refractivity contribution in [2.45, 2.75) is 21.3 Å². The first kappa shape index (κ1) is 30.1. The Morgan fingerprint density at radius 2 is 1.04 bits per heavy atom. The summed E-state index contributed by atoms with van der Waals surface area (Å²) in [7, 11) is 0. The molecule has 0 spiro atoms. The molecule has 0 radical (unpaired) electrons. The molecule has 0 saturated carbocycles.